The van der Waals surface area contributed by atoms with E-state index in [-0.39, 0.29) is 10.6 Å². The number of hydrogen-bond donors (Lipinski definition) is 1. The van der Waals surface area contributed by atoms with Crippen molar-refractivity contribution in [2.75, 3.05) is 0 Å². The van der Waals surface area contributed by atoms with Crippen LogP contribution in [0.4, 0.5) is 5.69 Å². The van der Waals surface area contributed by atoms with Gasteiger partial charge in [0.25, 0.3) is 5.69 Å². The molecule has 140 valence electrons. The van der Waals surface area contributed by atoms with Crippen LogP contribution in [0, 0.1) is 10.1 Å². The van der Waals surface area contributed by atoms with Crippen LogP contribution >= 0.6 is 11.8 Å². The van der Waals surface area contributed by atoms with Gasteiger partial charge in [-0.3, -0.25) is 14.7 Å². The number of aromatic nitrogens is 4. The minimum absolute atomic E-state index is 0.143. The van der Waals surface area contributed by atoms with Gasteiger partial charge < -0.3 is 4.98 Å². The van der Waals surface area contributed by atoms with Crippen LogP contribution in [0.1, 0.15) is 24.4 Å². The Hall–Kier alpha value is -3.13. The number of nitrogens with one attached hydrogen (secondary N) is 1. The van der Waals surface area contributed by atoms with Gasteiger partial charge in [0.15, 0.2) is 11.0 Å². The summed E-state index contributed by atoms with van der Waals surface area (Å²) < 4.78 is 2.19. The van der Waals surface area contributed by atoms with Gasteiger partial charge in [0.2, 0.25) is 0 Å². The quantitative estimate of drug-likeness (QED) is 0.285. The SMILES string of the molecule is O=[N+]([O-])c1ccccc1CSc1nnc(-c2c[nH]c3ccccc23)n1C1CC1. The molecule has 0 radical (unpaired) electrons. The maximum atomic E-state index is 11.3. The van der Waals surface area contributed by atoms with E-state index in [1.807, 2.05) is 30.5 Å². The molecule has 7 nitrogen and oxygen atoms in total. The van der Waals surface area contributed by atoms with E-state index in [2.05, 4.69) is 25.8 Å². The van der Waals surface area contributed by atoms with E-state index in [9.17, 15) is 10.1 Å². The van der Waals surface area contributed by atoms with E-state index in [0.717, 1.165) is 40.3 Å². The van der Waals surface area contributed by atoms with Crippen LogP contribution < -0.4 is 0 Å². The van der Waals surface area contributed by atoms with Gasteiger partial charge >= 0.3 is 0 Å². The zero-order valence-electron chi connectivity index (χ0n) is 14.9. The van der Waals surface area contributed by atoms with Gasteiger partial charge in [0, 0.05) is 46.1 Å². The minimum Gasteiger partial charge on any atom is -0.360 e. The van der Waals surface area contributed by atoms with E-state index >= 15 is 0 Å². The van der Waals surface area contributed by atoms with Crippen LogP contribution in [0.5, 0.6) is 0 Å². The Balaban J connectivity index is 1.50. The molecule has 2 aromatic heterocycles. The second kappa shape index (κ2) is 6.79. The molecule has 1 aliphatic rings. The van der Waals surface area contributed by atoms with Gasteiger partial charge in [-0.1, -0.05) is 48.2 Å². The Kier molecular flexibility index (Phi) is 4.12. The summed E-state index contributed by atoms with van der Waals surface area (Å²) in [5, 5.41) is 22.1. The van der Waals surface area contributed by atoms with E-state index < -0.39 is 0 Å². The van der Waals surface area contributed by atoms with Gasteiger partial charge in [0.1, 0.15) is 0 Å². The molecule has 28 heavy (non-hydrogen) atoms. The lowest BCUT2D eigenvalue weighted by atomic mass is 10.1. The van der Waals surface area contributed by atoms with Crippen molar-refractivity contribution >= 4 is 28.4 Å². The number of hydrogen-bond acceptors (Lipinski definition) is 5. The molecule has 5 rings (SSSR count). The van der Waals surface area contributed by atoms with Gasteiger partial charge in [-0.15, -0.1) is 10.2 Å². The van der Waals surface area contributed by atoms with E-state index in [0.29, 0.717) is 17.4 Å². The molecular weight excluding hydrogens is 374 g/mol. The summed E-state index contributed by atoms with van der Waals surface area (Å²) in [5.74, 6) is 1.33. The summed E-state index contributed by atoms with van der Waals surface area (Å²) >= 11 is 1.50. The molecule has 1 fully saturated rings. The lowest BCUT2D eigenvalue weighted by Gasteiger charge is -2.08. The summed E-state index contributed by atoms with van der Waals surface area (Å²) in [6, 6.07) is 15.4. The summed E-state index contributed by atoms with van der Waals surface area (Å²) in [4.78, 5) is 14.2. The summed E-state index contributed by atoms with van der Waals surface area (Å²) in [6.45, 7) is 0. The highest BCUT2D eigenvalue weighted by atomic mass is 32.2. The van der Waals surface area contributed by atoms with E-state index in [1.54, 1.807) is 18.2 Å². The van der Waals surface area contributed by atoms with E-state index in [4.69, 9.17) is 0 Å². The zero-order valence-corrected chi connectivity index (χ0v) is 15.7. The highest BCUT2D eigenvalue weighted by molar-refractivity contribution is 7.98. The predicted molar refractivity (Wildman–Crippen MR) is 108 cm³/mol. The van der Waals surface area contributed by atoms with Crippen molar-refractivity contribution in [3.63, 3.8) is 0 Å². The lowest BCUT2D eigenvalue weighted by Crippen LogP contribution is -2.00. The van der Waals surface area contributed by atoms with Crippen molar-refractivity contribution in [1.29, 1.82) is 0 Å². The van der Waals surface area contributed by atoms with Crippen LogP contribution in [-0.4, -0.2) is 24.7 Å². The number of H-pyrrole nitrogens is 1. The fraction of sp³-hybridized carbons (Fsp3) is 0.200. The highest BCUT2D eigenvalue weighted by Gasteiger charge is 2.31. The van der Waals surface area contributed by atoms with Crippen molar-refractivity contribution in [2.45, 2.75) is 29.8 Å². The molecular formula is C20H17N5O2S. The molecule has 0 bridgehead atoms. The fourth-order valence-electron chi connectivity index (χ4n) is 3.43. The molecule has 8 heteroatoms. The number of thioether (sulfide) groups is 1. The van der Waals surface area contributed by atoms with Crippen LogP contribution in [0.15, 0.2) is 59.9 Å². The topological polar surface area (TPSA) is 89.6 Å². The molecule has 4 aromatic rings. The van der Waals surface area contributed by atoms with Gasteiger partial charge in [-0.05, 0) is 18.9 Å². The molecule has 1 aliphatic carbocycles. The van der Waals surface area contributed by atoms with Gasteiger partial charge in [-0.2, -0.15) is 0 Å². The van der Waals surface area contributed by atoms with Crippen molar-refractivity contribution < 1.29 is 4.92 Å². The molecule has 0 unspecified atom stereocenters. The Morgan fingerprint density at radius 1 is 1.14 bits per heavy atom. The van der Waals surface area contributed by atoms with Crippen LogP contribution in [0.25, 0.3) is 22.3 Å². The Bertz CT molecular complexity index is 1180. The maximum absolute atomic E-state index is 11.3. The number of benzene rings is 2. The lowest BCUT2D eigenvalue weighted by molar-refractivity contribution is -0.385. The number of fused-ring (bicyclic) bond motifs is 1. The van der Waals surface area contributed by atoms with Gasteiger partial charge in [-0.25, -0.2) is 0 Å². The molecule has 1 N–H and O–H groups in total. The standard InChI is InChI=1S/C20H17N5O2S/c26-25(27)18-8-4-1-5-13(18)12-28-20-23-22-19(24(20)14-9-10-14)16-11-21-17-7-3-2-6-15(16)17/h1-8,11,14,21H,9-10,12H2. The first-order valence-corrected chi connectivity index (χ1v) is 10.1. The molecule has 0 spiro atoms. The monoisotopic (exact) mass is 391 g/mol. The number of aromatic amines is 1. The number of rotatable bonds is 6. The number of nitrogens with zero attached hydrogens (tertiary/aromatic N) is 4. The third kappa shape index (κ3) is 2.95. The third-order valence-corrected chi connectivity index (χ3v) is 5.94. The number of nitro benzene ring substituents is 1. The van der Waals surface area contributed by atoms with E-state index in [1.165, 1.54) is 11.8 Å². The molecule has 2 heterocycles. The average Bonchev–Trinajstić information content (AvgIpc) is 3.32. The Labute approximate surface area is 164 Å². The van der Waals surface area contributed by atoms with Crippen LogP contribution in [-0.2, 0) is 5.75 Å². The Morgan fingerprint density at radius 2 is 1.93 bits per heavy atom. The third-order valence-electron chi connectivity index (χ3n) is 4.95. The second-order valence-corrected chi connectivity index (χ2v) is 7.77. The average molecular weight is 391 g/mol. The fourth-order valence-corrected chi connectivity index (χ4v) is 4.43. The first kappa shape index (κ1) is 17.0. The molecule has 0 atom stereocenters. The molecule has 2 aromatic carbocycles. The summed E-state index contributed by atoms with van der Waals surface area (Å²) in [6.07, 6.45) is 4.18. The number of nitro groups is 1. The largest absolute Gasteiger partial charge is 0.360 e. The van der Waals surface area contributed by atoms with Crippen molar-refractivity contribution in [2.24, 2.45) is 0 Å². The number of para-hydroxylation sites is 2. The molecule has 0 amide bonds. The Morgan fingerprint density at radius 3 is 2.75 bits per heavy atom. The normalized spacial score (nSPS) is 13.9. The summed E-state index contributed by atoms with van der Waals surface area (Å²) in [7, 11) is 0. The van der Waals surface area contributed by atoms with Crippen molar-refractivity contribution in [1.82, 2.24) is 19.7 Å². The molecule has 1 saturated carbocycles. The van der Waals surface area contributed by atoms with Crippen LogP contribution in [0.3, 0.4) is 0 Å². The summed E-state index contributed by atoms with van der Waals surface area (Å²) in [5.41, 5.74) is 2.94. The minimum atomic E-state index is -0.334. The van der Waals surface area contributed by atoms with Crippen molar-refractivity contribution in [3.8, 4) is 11.4 Å². The molecule has 0 saturated heterocycles. The maximum Gasteiger partial charge on any atom is 0.273 e. The predicted octanol–water partition coefficient (Wildman–Crippen LogP) is 4.96. The highest BCUT2D eigenvalue weighted by Crippen LogP contribution is 2.42. The first-order valence-electron chi connectivity index (χ1n) is 9.09. The first-order chi connectivity index (χ1) is 13.7. The zero-order chi connectivity index (χ0) is 19.1. The van der Waals surface area contributed by atoms with Crippen molar-refractivity contribution in [3.05, 3.63) is 70.4 Å². The van der Waals surface area contributed by atoms with Crippen LogP contribution in [0.2, 0.25) is 0 Å². The van der Waals surface area contributed by atoms with Gasteiger partial charge in [0.05, 0.1) is 4.92 Å². The smallest absolute Gasteiger partial charge is 0.273 e. The second-order valence-electron chi connectivity index (χ2n) is 6.83. The molecule has 0 aliphatic heterocycles.